The highest BCUT2D eigenvalue weighted by Crippen LogP contribution is 2.32. The van der Waals surface area contributed by atoms with E-state index in [9.17, 15) is 23.4 Å². The summed E-state index contributed by atoms with van der Waals surface area (Å²) in [7, 11) is -4.52. The number of nitrogens with one attached hydrogen (secondary N) is 1. The van der Waals surface area contributed by atoms with Crippen LogP contribution < -0.4 is 16.2 Å². The van der Waals surface area contributed by atoms with Crippen LogP contribution in [0.5, 0.6) is 0 Å². The molecule has 1 amide bonds. The molecule has 3 heterocycles. The van der Waals surface area contributed by atoms with Crippen molar-refractivity contribution in [1.29, 1.82) is 0 Å². The minimum atomic E-state index is -4.52. The lowest BCUT2D eigenvalue weighted by Crippen LogP contribution is -2.47. The number of fused-ring (bicyclic) bond motifs is 1. The number of aliphatic hydroxyl groups excluding tert-OH is 2. The number of amides is 1. The first-order valence-electron chi connectivity index (χ1n) is 9.47. The Bertz CT molecular complexity index is 1050. The minimum Gasteiger partial charge on any atom is -0.387 e. The van der Waals surface area contributed by atoms with Gasteiger partial charge < -0.3 is 26.4 Å². The number of anilines is 1. The van der Waals surface area contributed by atoms with Gasteiger partial charge in [-0.1, -0.05) is 20.3 Å². The number of carbonyl (C=O) groups excluding carboxylic acids is 1. The Hall–Kier alpha value is -2.43. The summed E-state index contributed by atoms with van der Waals surface area (Å²) >= 11 is 0. The molecule has 6 atom stereocenters. The predicted molar refractivity (Wildman–Crippen MR) is 106 cm³/mol. The van der Waals surface area contributed by atoms with Crippen LogP contribution >= 0.6 is 0 Å². The van der Waals surface area contributed by atoms with Gasteiger partial charge in [-0.05, 0) is 5.92 Å². The summed E-state index contributed by atoms with van der Waals surface area (Å²) in [6.07, 6.45) is -2.23. The van der Waals surface area contributed by atoms with Crippen molar-refractivity contribution in [3.63, 3.8) is 0 Å². The van der Waals surface area contributed by atoms with E-state index in [1.165, 1.54) is 17.2 Å². The largest absolute Gasteiger partial charge is 0.387 e. The van der Waals surface area contributed by atoms with Crippen LogP contribution in [0.1, 0.15) is 26.5 Å². The van der Waals surface area contributed by atoms with Crippen LogP contribution in [0.3, 0.4) is 0 Å². The van der Waals surface area contributed by atoms with Crippen molar-refractivity contribution < 1.29 is 32.3 Å². The van der Waals surface area contributed by atoms with Crippen LogP contribution in [-0.4, -0.2) is 75.0 Å². The van der Waals surface area contributed by atoms with E-state index in [0.29, 0.717) is 6.42 Å². The Morgan fingerprint density at radius 3 is 2.74 bits per heavy atom. The highest BCUT2D eigenvalue weighted by atomic mass is 32.2. The zero-order valence-corrected chi connectivity index (χ0v) is 17.6. The number of ether oxygens (including phenoxy) is 1. The lowest BCUT2D eigenvalue weighted by atomic mass is 10.00. The number of aliphatic hydroxyl groups is 2. The highest BCUT2D eigenvalue weighted by molar-refractivity contribution is 7.85. The molecule has 1 fully saturated rings. The Morgan fingerprint density at radius 2 is 2.06 bits per heavy atom. The van der Waals surface area contributed by atoms with Gasteiger partial charge in [0.05, 0.1) is 19.0 Å². The standard InChI is InChI=1S/C16H25N7O7S/c1-3-7(2)9(17)15(26)22-31(27,28)29-4-8-11(24)12(25)16(30-8)23-6-21-10-13(18)19-5-20-14(10)23/h5-9,11-12,16,24-25H,3-4,17H2,1-2H3,(H,22,26)(H2,18,19,20)/t7-,8+,9-,11+,12+,16?/m0/s1. The van der Waals surface area contributed by atoms with E-state index >= 15 is 0 Å². The normalized spacial score (nSPS) is 26.1. The van der Waals surface area contributed by atoms with Gasteiger partial charge >= 0.3 is 10.3 Å². The molecule has 31 heavy (non-hydrogen) atoms. The molecule has 1 aliphatic rings. The molecule has 14 nitrogen and oxygen atoms in total. The molecule has 1 aliphatic heterocycles. The van der Waals surface area contributed by atoms with Crippen LogP contribution in [0.4, 0.5) is 5.82 Å². The molecule has 7 N–H and O–H groups in total. The molecular weight excluding hydrogens is 434 g/mol. The Labute approximate surface area is 177 Å². The number of nitrogen functional groups attached to an aromatic ring is 1. The van der Waals surface area contributed by atoms with E-state index in [2.05, 4.69) is 15.0 Å². The number of imidazole rings is 1. The molecule has 2 aromatic rings. The zero-order valence-electron chi connectivity index (χ0n) is 16.8. The smallest absolute Gasteiger partial charge is 0.362 e. The third kappa shape index (κ3) is 4.76. The number of aromatic nitrogens is 4. The fraction of sp³-hybridized carbons (Fsp3) is 0.625. The van der Waals surface area contributed by atoms with E-state index in [-0.39, 0.29) is 22.9 Å². The quantitative estimate of drug-likeness (QED) is 0.283. The summed E-state index contributed by atoms with van der Waals surface area (Å²) in [5.41, 5.74) is 12.0. The molecule has 3 rings (SSSR count). The van der Waals surface area contributed by atoms with Gasteiger partial charge in [0.1, 0.15) is 30.2 Å². The molecule has 1 unspecified atom stereocenters. The lowest BCUT2D eigenvalue weighted by Gasteiger charge is -2.18. The number of hydrogen-bond donors (Lipinski definition) is 5. The fourth-order valence-electron chi connectivity index (χ4n) is 3.04. The summed E-state index contributed by atoms with van der Waals surface area (Å²) in [4.78, 5) is 23.9. The summed E-state index contributed by atoms with van der Waals surface area (Å²) < 4.78 is 37.5. The van der Waals surface area contributed by atoms with E-state index in [0.717, 1.165) is 0 Å². The Kier molecular flexibility index (Phi) is 6.73. The van der Waals surface area contributed by atoms with Crippen LogP contribution in [0, 0.1) is 5.92 Å². The van der Waals surface area contributed by atoms with E-state index in [1.54, 1.807) is 11.6 Å². The molecule has 0 spiro atoms. The fourth-order valence-corrected chi connectivity index (χ4v) is 3.80. The first kappa shape index (κ1) is 23.2. The molecule has 0 bridgehead atoms. The van der Waals surface area contributed by atoms with Gasteiger partial charge in [-0.2, -0.15) is 8.42 Å². The van der Waals surface area contributed by atoms with Gasteiger partial charge in [0.25, 0.3) is 5.91 Å². The van der Waals surface area contributed by atoms with Gasteiger partial charge in [-0.15, -0.1) is 0 Å². The van der Waals surface area contributed by atoms with Crippen molar-refractivity contribution in [2.45, 2.75) is 50.8 Å². The van der Waals surface area contributed by atoms with Gasteiger partial charge in [0, 0.05) is 0 Å². The average Bonchev–Trinajstić information content (AvgIpc) is 3.27. The molecule has 0 radical (unpaired) electrons. The van der Waals surface area contributed by atoms with Crippen molar-refractivity contribution in [3.8, 4) is 0 Å². The van der Waals surface area contributed by atoms with Crippen molar-refractivity contribution in [2.75, 3.05) is 12.3 Å². The summed E-state index contributed by atoms with van der Waals surface area (Å²) in [6.45, 7) is 2.85. The summed E-state index contributed by atoms with van der Waals surface area (Å²) in [5.74, 6) is -1.04. The number of nitrogens with zero attached hydrogens (tertiary/aromatic N) is 4. The average molecular weight is 459 g/mol. The predicted octanol–water partition coefficient (Wildman–Crippen LogP) is -2.22. The first-order chi connectivity index (χ1) is 14.6. The van der Waals surface area contributed by atoms with Crippen LogP contribution in [0.25, 0.3) is 11.2 Å². The zero-order chi connectivity index (χ0) is 22.9. The summed E-state index contributed by atoms with van der Waals surface area (Å²) in [6, 6.07) is -1.04. The molecule has 0 saturated carbocycles. The molecule has 0 aromatic carbocycles. The third-order valence-electron chi connectivity index (χ3n) is 5.17. The Balaban J connectivity index is 1.66. The molecule has 15 heteroatoms. The molecule has 0 aliphatic carbocycles. The maximum atomic E-state index is 12.1. The molecule has 1 saturated heterocycles. The van der Waals surface area contributed by atoms with Crippen LogP contribution in [0.15, 0.2) is 12.7 Å². The number of rotatable bonds is 8. The van der Waals surface area contributed by atoms with Crippen LogP contribution in [-0.2, 0) is 24.0 Å². The summed E-state index contributed by atoms with van der Waals surface area (Å²) in [5, 5.41) is 20.7. The van der Waals surface area contributed by atoms with Gasteiger partial charge in [0.15, 0.2) is 17.7 Å². The minimum absolute atomic E-state index is 0.120. The Morgan fingerprint density at radius 1 is 1.35 bits per heavy atom. The maximum Gasteiger partial charge on any atom is 0.362 e. The van der Waals surface area contributed by atoms with Crippen molar-refractivity contribution >= 4 is 33.2 Å². The molecular formula is C16H25N7O7S. The van der Waals surface area contributed by atoms with E-state index in [1.807, 2.05) is 6.92 Å². The van der Waals surface area contributed by atoms with Gasteiger partial charge in [0.2, 0.25) is 0 Å². The van der Waals surface area contributed by atoms with E-state index < -0.39 is 53.4 Å². The molecule has 2 aromatic heterocycles. The van der Waals surface area contributed by atoms with Crippen molar-refractivity contribution in [3.05, 3.63) is 12.7 Å². The number of nitrogens with two attached hydrogens (primary N) is 2. The third-order valence-corrected chi connectivity index (χ3v) is 6.07. The lowest BCUT2D eigenvalue weighted by molar-refractivity contribution is -0.121. The number of carbonyl (C=O) groups is 1. The topological polar surface area (TPSA) is 218 Å². The second-order valence-corrected chi connectivity index (χ2v) is 8.59. The monoisotopic (exact) mass is 459 g/mol. The van der Waals surface area contributed by atoms with E-state index in [4.69, 9.17) is 20.4 Å². The highest BCUT2D eigenvalue weighted by Gasteiger charge is 2.45. The molecule has 172 valence electrons. The number of hydrogen-bond acceptors (Lipinski definition) is 12. The second-order valence-electron chi connectivity index (χ2n) is 7.25. The first-order valence-corrected chi connectivity index (χ1v) is 10.9. The SMILES string of the molecule is CC[C@H](C)[C@H](N)C(=O)NS(=O)(=O)OC[C@H]1OC(n2cnc3c(N)ncnc32)[C@H](O)[C@@H]1O. The van der Waals surface area contributed by atoms with Gasteiger partial charge in [-0.3, -0.25) is 13.5 Å². The second kappa shape index (κ2) is 8.97. The maximum absolute atomic E-state index is 12.1. The van der Waals surface area contributed by atoms with Gasteiger partial charge in [-0.25, -0.2) is 19.7 Å². The van der Waals surface area contributed by atoms with Crippen molar-refractivity contribution in [1.82, 2.24) is 24.2 Å². The van der Waals surface area contributed by atoms with Crippen molar-refractivity contribution in [2.24, 2.45) is 11.7 Å². The van der Waals surface area contributed by atoms with Crippen LogP contribution in [0.2, 0.25) is 0 Å².